The van der Waals surface area contributed by atoms with Gasteiger partial charge in [-0.1, -0.05) is 24.3 Å². The van der Waals surface area contributed by atoms with E-state index in [4.69, 9.17) is 4.74 Å². The maximum absolute atomic E-state index is 13.0. The van der Waals surface area contributed by atoms with Crippen LogP contribution >= 0.6 is 0 Å². The Morgan fingerprint density at radius 1 is 1.10 bits per heavy atom. The molecular formula is C22H21N3O6. The summed E-state index contributed by atoms with van der Waals surface area (Å²) in [5.41, 5.74) is -0.286. The monoisotopic (exact) mass is 423 g/mol. The van der Waals surface area contributed by atoms with E-state index in [1.165, 1.54) is 0 Å². The highest BCUT2D eigenvalue weighted by atomic mass is 16.6. The van der Waals surface area contributed by atoms with Crippen LogP contribution < -0.4 is 15.4 Å². The minimum absolute atomic E-state index is 0.0627. The zero-order valence-electron chi connectivity index (χ0n) is 16.9. The van der Waals surface area contributed by atoms with E-state index >= 15 is 0 Å². The van der Waals surface area contributed by atoms with E-state index in [9.17, 15) is 24.8 Å². The summed E-state index contributed by atoms with van der Waals surface area (Å²) >= 11 is 0. The van der Waals surface area contributed by atoms with Crippen molar-refractivity contribution in [3.05, 3.63) is 70.3 Å². The predicted octanol–water partition coefficient (Wildman–Crippen LogP) is 3.61. The van der Waals surface area contributed by atoms with Crippen LogP contribution in [0.3, 0.4) is 0 Å². The summed E-state index contributed by atoms with van der Waals surface area (Å²) < 4.78 is 5.62. The highest BCUT2D eigenvalue weighted by Crippen LogP contribution is 2.31. The molecule has 9 heteroatoms. The number of phenols is 1. The second-order valence-corrected chi connectivity index (χ2v) is 7.12. The van der Waals surface area contributed by atoms with Crippen molar-refractivity contribution in [1.29, 1.82) is 0 Å². The lowest BCUT2D eigenvalue weighted by molar-refractivity contribution is -0.384. The van der Waals surface area contributed by atoms with Crippen molar-refractivity contribution in [2.45, 2.75) is 19.9 Å². The number of anilines is 1. The van der Waals surface area contributed by atoms with Gasteiger partial charge < -0.3 is 20.5 Å². The lowest BCUT2D eigenvalue weighted by atomic mass is 10.0. The Kier molecular flexibility index (Phi) is 6.35. The van der Waals surface area contributed by atoms with Crippen LogP contribution in [-0.2, 0) is 4.79 Å². The molecule has 0 radical (unpaired) electrons. The van der Waals surface area contributed by atoms with E-state index < -0.39 is 10.8 Å². The van der Waals surface area contributed by atoms with Gasteiger partial charge in [-0.25, -0.2) is 0 Å². The molecule has 9 nitrogen and oxygen atoms in total. The number of phenolic OH excluding ortho intramolecular Hbond substituents is 1. The molecule has 0 atom stereocenters. The minimum atomic E-state index is -0.652. The zero-order chi connectivity index (χ0) is 22.5. The van der Waals surface area contributed by atoms with Crippen LogP contribution in [0.15, 0.2) is 54.6 Å². The van der Waals surface area contributed by atoms with Crippen molar-refractivity contribution >= 4 is 34.0 Å². The number of rotatable bonds is 7. The summed E-state index contributed by atoms with van der Waals surface area (Å²) in [6, 6.07) is 13.8. The standard InChI is InChI=1S/C22H21N3O6/c1-13(2)23-21(27)12-31-20-10-15-6-4-3-5-14(15)9-17(20)22(28)24-18-11-16(25(29)30)7-8-19(18)26/h3-11,13,26H,12H2,1-2H3,(H,23,27)(H,24,28). The van der Waals surface area contributed by atoms with E-state index in [1.54, 1.807) is 12.1 Å². The molecule has 3 rings (SSSR count). The quantitative estimate of drug-likeness (QED) is 0.302. The molecule has 3 aromatic rings. The molecule has 0 saturated carbocycles. The Balaban J connectivity index is 1.93. The molecule has 0 aliphatic carbocycles. The van der Waals surface area contributed by atoms with Crippen LogP contribution in [-0.4, -0.2) is 34.5 Å². The molecule has 0 aliphatic heterocycles. The molecule has 160 valence electrons. The summed E-state index contributed by atoms with van der Waals surface area (Å²) in [6.07, 6.45) is 0. The molecule has 0 aliphatic rings. The maximum Gasteiger partial charge on any atom is 0.271 e. The zero-order valence-corrected chi connectivity index (χ0v) is 16.9. The summed E-state index contributed by atoms with van der Waals surface area (Å²) in [7, 11) is 0. The molecule has 0 heterocycles. The molecule has 3 N–H and O–H groups in total. The Bertz CT molecular complexity index is 1160. The molecule has 0 aromatic heterocycles. The van der Waals surface area contributed by atoms with E-state index in [0.29, 0.717) is 0 Å². The third-order valence-corrected chi connectivity index (χ3v) is 4.34. The van der Waals surface area contributed by atoms with Gasteiger partial charge in [-0.15, -0.1) is 0 Å². The lowest BCUT2D eigenvalue weighted by Crippen LogP contribution is -2.34. The first-order valence-electron chi connectivity index (χ1n) is 9.48. The molecule has 0 fully saturated rings. The summed E-state index contributed by atoms with van der Waals surface area (Å²) in [6.45, 7) is 3.34. The van der Waals surface area contributed by atoms with Crippen LogP contribution in [0.4, 0.5) is 11.4 Å². The first-order chi connectivity index (χ1) is 14.7. The second kappa shape index (κ2) is 9.12. The van der Waals surface area contributed by atoms with Gasteiger partial charge in [-0.3, -0.25) is 19.7 Å². The van der Waals surface area contributed by atoms with Gasteiger partial charge in [-0.05, 0) is 42.8 Å². The Morgan fingerprint density at radius 2 is 1.77 bits per heavy atom. The van der Waals surface area contributed by atoms with Crippen LogP contribution in [0.5, 0.6) is 11.5 Å². The van der Waals surface area contributed by atoms with Crippen molar-refractivity contribution in [2.75, 3.05) is 11.9 Å². The van der Waals surface area contributed by atoms with Crippen LogP contribution in [0, 0.1) is 10.1 Å². The van der Waals surface area contributed by atoms with Gasteiger partial charge >= 0.3 is 0 Å². The first-order valence-corrected chi connectivity index (χ1v) is 9.48. The first kappa shape index (κ1) is 21.6. The Labute approximate surface area is 177 Å². The number of aromatic hydroxyl groups is 1. The molecule has 0 spiro atoms. The van der Waals surface area contributed by atoms with Gasteiger partial charge in [0.05, 0.1) is 16.2 Å². The van der Waals surface area contributed by atoms with Gasteiger partial charge in [0.25, 0.3) is 17.5 Å². The van der Waals surface area contributed by atoms with Crippen molar-refractivity contribution in [1.82, 2.24) is 5.32 Å². The number of amides is 2. The van der Waals surface area contributed by atoms with Gasteiger partial charge in [0, 0.05) is 18.2 Å². The average Bonchev–Trinajstić information content (AvgIpc) is 2.72. The van der Waals surface area contributed by atoms with Crippen molar-refractivity contribution in [3.8, 4) is 11.5 Å². The third kappa shape index (κ3) is 5.27. The van der Waals surface area contributed by atoms with E-state index in [0.717, 1.165) is 29.0 Å². The molecular weight excluding hydrogens is 402 g/mol. The van der Waals surface area contributed by atoms with E-state index in [1.807, 2.05) is 38.1 Å². The fourth-order valence-electron chi connectivity index (χ4n) is 2.95. The lowest BCUT2D eigenvalue weighted by Gasteiger charge is -2.14. The van der Waals surface area contributed by atoms with Crippen molar-refractivity contribution in [3.63, 3.8) is 0 Å². The van der Waals surface area contributed by atoms with Crippen LogP contribution in [0.2, 0.25) is 0 Å². The smallest absolute Gasteiger partial charge is 0.271 e. The normalized spacial score (nSPS) is 10.7. The highest BCUT2D eigenvalue weighted by molar-refractivity contribution is 6.09. The highest BCUT2D eigenvalue weighted by Gasteiger charge is 2.19. The van der Waals surface area contributed by atoms with Gasteiger partial charge in [0.15, 0.2) is 6.61 Å². The number of non-ortho nitro benzene ring substituents is 1. The van der Waals surface area contributed by atoms with Crippen LogP contribution in [0.1, 0.15) is 24.2 Å². The Hall–Kier alpha value is -4.14. The fourth-order valence-corrected chi connectivity index (χ4v) is 2.95. The van der Waals surface area contributed by atoms with E-state index in [2.05, 4.69) is 10.6 Å². The number of nitrogens with zero attached hydrogens (tertiary/aromatic N) is 1. The summed E-state index contributed by atoms with van der Waals surface area (Å²) in [5, 5.41) is 27.7. The van der Waals surface area contributed by atoms with Gasteiger partial charge in [0.2, 0.25) is 0 Å². The molecule has 0 bridgehead atoms. The van der Waals surface area contributed by atoms with Crippen molar-refractivity contribution < 1.29 is 24.4 Å². The number of carbonyl (C=O) groups is 2. The molecule has 0 unspecified atom stereocenters. The number of benzene rings is 3. The number of hydrogen-bond acceptors (Lipinski definition) is 6. The number of hydrogen-bond donors (Lipinski definition) is 3. The number of nitro benzene ring substituents is 1. The number of nitrogens with one attached hydrogen (secondary N) is 2. The molecule has 0 saturated heterocycles. The third-order valence-electron chi connectivity index (χ3n) is 4.34. The number of nitro groups is 1. The second-order valence-electron chi connectivity index (χ2n) is 7.12. The van der Waals surface area contributed by atoms with Crippen molar-refractivity contribution in [2.24, 2.45) is 0 Å². The largest absolute Gasteiger partial charge is 0.506 e. The van der Waals surface area contributed by atoms with E-state index in [-0.39, 0.29) is 47.0 Å². The van der Waals surface area contributed by atoms with Gasteiger partial charge in [0.1, 0.15) is 11.5 Å². The topological polar surface area (TPSA) is 131 Å². The minimum Gasteiger partial charge on any atom is -0.506 e. The number of fused-ring (bicyclic) bond motifs is 1. The number of carbonyl (C=O) groups excluding carboxylic acids is 2. The molecule has 2 amide bonds. The predicted molar refractivity (Wildman–Crippen MR) is 115 cm³/mol. The number of ether oxygens (including phenoxy) is 1. The maximum atomic E-state index is 13.0. The fraction of sp³-hybridized carbons (Fsp3) is 0.182. The molecule has 31 heavy (non-hydrogen) atoms. The summed E-state index contributed by atoms with van der Waals surface area (Å²) in [5.74, 6) is -1.15. The molecule has 3 aromatic carbocycles. The van der Waals surface area contributed by atoms with Crippen LogP contribution in [0.25, 0.3) is 10.8 Å². The Morgan fingerprint density at radius 3 is 2.42 bits per heavy atom. The average molecular weight is 423 g/mol. The van der Waals surface area contributed by atoms with Gasteiger partial charge in [-0.2, -0.15) is 0 Å². The summed E-state index contributed by atoms with van der Waals surface area (Å²) in [4.78, 5) is 35.3. The SMILES string of the molecule is CC(C)NC(=O)COc1cc2ccccc2cc1C(=O)Nc1cc([N+](=O)[O-])ccc1O.